The van der Waals surface area contributed by atoms with Crippen molar-refractivity contribution in [2.24, 2.45) is 5.92 Å². The van der Waals surface area contributed by atoms with E-state index in [2.05, 4.69) is 12.2 Å². The molecule has 0 radical (unpaired) electrons. The van der Waals surface area contributed by atoms with Gasteiger partial charge in [-0.15, -0.1) is 11.3 Å². The van der Waals surface area contributed by atoms with Gasteiger partial charge in [0.15, 0.2) is 0 Å². The summed E-state index contributed by atoms with van der Waals surface area (Å²) in [5.41, 5.74) is 0.659. The lowest BCUT2D eigenvalue weighted by molar-refractivity contribution is -0.132. The molecule has 2 amide bonds. The molecular formula is C19H23FN2O2S. The molecule has 2 heterocycles. The van der Waals surface area contributed by atoms with Gasteiger partial charge in [-0.1, -0.05) is 13.0 Å². The van der Waals surface area contributed by atoms with E-state index in [1.54, 1.807) is 13.0 Å². The number of halogens is 1. The molecule has 1 atom stereocenters. The monoisotopic (exact) mass is 362 g/mol. The highest BCUT2D eigenvalue weighted by Gasteiger charge is 2.21. The van der Waals surface area contributed by atoms with E-state index >= 15 is 0 Å². The average molecular weight is 362 g/mol. The van der Waals surface area contributed by atoms with E-state index < -0.39 is 0 Å². The number of thiophene rings is 1. The lowest BCUT2D eigenvalue weighted by Gasteiger charge is -2.31. The summed E-state index contributed by atoms with van der Waals surface area (Å²) < 4.78 is 14.7. The van der Waals surface area contributed by atoms with Crippen LogP contribution in [-0.2, 0) is 4.79 Å². The van der Waals surface area contributed by atoms with Crippen molar-refractivity contribution in [3.63, 3.8) is 0 Å². The number of likely N-dealkylation sites (tertiary alicyclic amines) is 1. The predicted molar refractivity (Wildman–Crippen MR) is 98.4 cm³/mol. The van der Waals surface area contributed by atoms with Gasteiger partial charge in [0, 0.05) is 36.1 Å². The second kappa shape index (κ2) is 7.52. The van der Waals surface area contributed by atoms with Gasteiger partial charge in [0.1, 0.15) is 5.82 Å². The fourth-order valence-corrected chi connectivity index (χ4v) is 4.55. The minimum Gasteiger partial charge on any atom is -0.351 e. The molecule has 0 saturated carbocycles. The highest BCUT2D eigenvalue weighted by Crippen LogP contribution is 2.32. The summed E-state index contributed by atoms with van der Waals surface area (Å²) in [6, 6.07) is 4.86. The Morgan fingerprint density at radius 1 is 1.40 bits per heavy atom. The van der Waals surface area contributed by atoms with Gasteiger partial charge in [-0.3, -0.25) is 9.59 Å². The number of hydrogen-bond acceptors (Lipinski definition) is 3. The first-order valence-electron chi connectivity index (χ1n) is 8.71. The van der Waals surface area contributed by atoms with Crippen molar-refractivity contribution in [3.05, 3.63) is 34.5 Å². The number of hydrogen-bond donors (Lipinski definition) is 1. The summed E-state index contributed by atoms with van der Waals surface area (Å²) in [5, 5.41) is 3.31. The van der Waals surface area contributed by atoms with Gasteiger partial charge in [0.05, 0.1) is 4.88 Å². The zero-order valence-electron chi connectivity index (χ0n) is 14.6. The van der Waals surface area contributed by atoms with Gasteiger partial charge >= 0.3 is 0 Å². The zero-order chi connectivity index (χ0) is 18.0. The first-order chi connectivity index (χ1) is 12.0. The Labute approximate surface area is 151 Å². The van der Waals surface area contributed by atoms with E-state index in [0.29, 0.717) is 34.7 Å². The van der Waals surface area contributed by atoms with Gasteiger partial charge in [-0.2, -0.15) is 0 Å². The second-order valence-electron chi connectivity index (χ2n) is 6.76. The maximum Gasteiger partial charge on any atom is 0.261 e. The third-order valence-corrected chi connectivity index (χ3v) is 6.00. The van der Waals surface area contributed by atoms with Crippen LogP contribution in [-0.4, -0.2) is 36.3 Å². The van der Waals surface area contributed by atoms with E-state index in [1.807, 2.05) is 11.0 Å². The van der Waals surface area contributed by atoms with Crippen molar-refractivity contribution in [3.8, 4) is 0 Å². The van der Waals surface area contributed by atoms with Crippen LogP contribution in [0.5, 0.6) is 0 Å². The molecule has 0 spiro atoms. The summed E-state index contributed by atoms with van der Waals surface area (Å²) in [4.78, 5) is 27.1. The molecule has 1 saturated heterocycles. The quantitative estimate of drug-likeness (QED) is 0.901. The molecule has 4 nitrogen and oxygen atoms in total. The molecule has 0 bridgehead atoms. The molecule has 1 fully saturated rings. The van der Waals surface area contributed by atoms with Crippen LogP contribution in [0.4, 0.5) is 4.39 Å². The van der Waals surface area contributed by atoms with Crippen LogP contribution in [0.2, 0.25) is 0 Å². The number of piperidine rings is 1. The Morgan fingerprint density at radius 2 is 2.20 bits per heavy atom. The van der Waals surface area contributed by atoms with Crippen LogP contribution < -0.4 is 5.32 Å². The third-order valence-electron chi connectivity index (χ3n) is 4.74. The lowest BCUT2D eigenvalue weighted by Crippen LogP contribution is -2.40. The molecule has 1 unspecified atom stereocenters. The van der Waals surface area contributed by atoms with Crippen molar-refractivity contribution < 1.29 is 14.0 Å². The SMILES string of the molecule is Cc1c(C(=O)NCCC(=O)N2CCCC(C)C2)sc2cccc(F)c12. The Kier molecular flexibility index (Phi) is 5.37. The number of carbonyl (C=O) groups is 2. The van der Waals surface area contributed by atoms with E-state index in [0.717, 1.165) is 24.2 Å². The fraction of sp³-hybridized carbons (Fsp3) is 0.474. The number of benzene rings is 1. The predicted octanol–water partition coefficient (Wildman–Crippen LogP) is 3.73. The molecule has 134 valence electrons. The Hall–Kier alpha value is -1.95. The highest BCUT2D eigenvalue weighted by atomic mass is 32.1. The van der Waals surface area contributed by atoms with Crippen LogP contribution >= 0.6 is 11.3 Å². The minimum atomic E-state index is -0.306. The van der Waals surface area contributed by atoms with Crippen LogP contribution in [0.15, 0.2) is 18.2 Å². The highest BCUT2D eigenvalue weighted by molar-refractivity contribution is 7.21. The smallest absolute Gasteiger partial charge is 0.261 e. The molecular weight excluding hydrogens is 339 g/mol. The van der Waals surface area contributed by atoms with Gasteiger partial charge in [-0.05, 0) is 43.4 Å². The molecule has 1 N–H and O–H groups in total. The number of nitrogens with zero attached hydrogens (tertiary/aromatic N) is 1. The number of fused-ring (bicyclic) bond motifs is 1. The molecule has 1 aromatic carbocycles. The lowest BCUT2D eigenvalue weighted by atomic mass is 10.00. The summed E-state index contributed by atoms with van der Waals surface area (Å²) >= 11 is 1.29. The van der Waals surface area contributed by atoms with Crippen LogP contribution in [0.25, 0.3) is 10.1 Å². The molecule has 6 heteroatoms. The Bertz CT molecular complexity index is 802. The van der Waals surface area contributed by atoms with Crippen molar-refractivity contribution in [1.29, 1.82) is 0 Å². The molecule has 2 aromatic rings. The van der Waals surface area contributed by atoms with Crippen molar-refractivity contribution >= 4 is 33.2 Å². The standard InChI is InChI=1S/C19H23FN2O2S/c1-12-5-4-10-22(11-12)16(23)8-9-21-19(24)18-13(2)17-14(20)6-3-7-15(17)25-18/h3,6-7,12H,4-5,8-11H2,1-2H3,(H,21,24). The van der Waals surface area contributed by atoms with Crippen LogP contribution in [0, 0.1) is 18.7 Å². The van der Waals surface area contributed by atoms with Gasteiger partial charge in [0.25, 0.3) is 5.91 Å². The summed E-state index contributed by atoms with van der Waals surface area (Å²) in [6.45, 7) is 5.84. The summed E-state index contributed by atoms with van der Waals surface area (Å²) in [6.07, 6.45) is 2.52. The number of carbonyl (C=O) groups excluding carboxylic acids is 2. The molecule has 0 aliphatic carbocycles. The number of aryl methyl sites for hydroxylation is 1. The van der Waals surface area contributed by atoms with E-state index in [-0.39, 0.29) is 17.6 Å². The normalized spacial score (nSPS) is 17.7. The zero-order valence-corrected chi connectivity index (χ0v) is 15.4. The Balaban J connectivity index is 1.59. The number of nitrogens with one attached hydrogen (secondary N) is 1. The number of rotatable bonds is 4. The minimum absolute atomic E-state index is 0.0888. The first-order valence-corrected chi connectivity index (χ1v) is 9.52. The van der Waals surface area contributed by atoms with Crippen molar-refractivity contribution in [1.82, 2.24) is 10.2 Å². The first kappa shape index (κ1) is 17.9. The van der Waals surface area contributed by atoms with Gasteiger partial charge in [-0.25, -0.2) is 4.39 Å². The summed E-state index contributed by atoms with van der Waals surface area (Å²) in [5.74, 6) is 0.0898. The van der Waals surface area contributed by atoms with E-state index in [4.69, 9.17) is 0 Å². The molecule has 1 aliphatic heterocycles. The number of amides is 2. The van der Waals surface area contributed by atoms with Gasteiger partial charge in [0.2, 0.25) is 5.91 Å². The molecule has 25 heavy (non-hydrogen) atoms. The second-order valence-corrected chi connectivity index (χ2v) is 7.81. The van der Waals surface area contributed by atoms with Crippen molar-refractivity contribution in [2.75, 3.05) is 19.6 Å². The molecule has 1 aliphatic rings. The largest absolute Gasteiger partial charge is 0.351 e. The summed E-state index contributed by atoms with van der Waals surface area (Å²) in [7, 11) is 0. The fourth-order valence-electron chi connectivity index (χ4n) is 3.41. The Morgan fingerprint density at radius 3 is 2.92 bits per heavy atom. The average Bonchev–Trinajstić information content (AvgIpc) is 2.93. The van der Waals surface area contributed by atoms with Gasteiger partial charge < -0.3 is 10.2 Å². The van der Waals surface area contributed by atoms with E-state index in [9.17, 15) is 14.0 Å². The third kappa shape index (κ3) is 3.84. The molecule has 1 aromatic heterocycles. The topological polar surface area (TPSA) is 49.4 Å². The van der Waals surface area contributed by atoms with Crippen LogP contribution in [0.3, 0.4) is 0 Å². The molecule has 3 rings (SSSR count). The van der Waals surface area contributed by atoms with E-state index in [1.165, 1.54) is 23.8 Å². The van der Waals surface area contributed by atoms with Crippen molar-refractivity contribution in [2.45, 2.75) is 33.1 Å². The maximum atomic E-state index is 13.9. The maximum absolute atomic E-state index is 13.9. The van der Waals surface area contributed by atoms with Crippen LogP contribution in [0.1, 0.15) is 41.4 Å².